The Hall–Kier alpha value is -6.06. The maximum Gasteiger partial charge on any atom is 0.0667 e. The van der Waals surface area contributed by atoms with Gasteiger partial charge in [0.15, 0.2) is 0 Å². The van der Waals surface area contributed by atoms with Crippen LogP contribution in [0.15, 0.2) is 206 Å². The van der Waals surface area contributed by atoms with E-state index in [-0.39, 0.29) is 16.5 Å². The molecule has 0 aromatic heterocycles. The zero-order chi connectivity index (χ0) is 42.5. The molecule has 8 unspecified atom stereocenters. The molecule has 0 saturated heterocycles. The Balaban J connectivity index is 0.841. The van der Waals surface area contributed by atoms with Gasteiger partial charge in [-0.15, -0.1) is 0 Å². The highest BCUT2D eigenvalue weighted by Crippen LogP contribution is 2.71. The predicted molar refractivity (Wildman–Crippen MR) is 267 cm³/mol. The van der Waals surface area contributed by atoms with E-state index >= 15 is 0 Å². The molecule has 4 aromatic carbocycles. The van der Waals surface area contributed by atoms with Crippen LogP contribution >= 0.6 is 0 Å². The number of para-hydroxylation sites is 2. The predicted octanol–water partition coefficient (Wildman–Crippen LogP) is 14.5. The molecule has 0 heterocycles. The molecule has 0 radical (unpaired) electrons. The molecule has 5 saturated carbocycles. The standard InChI is InChI=1S/C61H59N3/c1-2-3-4-5-14-31-63(58-36-45-34-55(45)44-32-46(58)33-44)53-26-22-42(23-27-53)47-35-56(43-20-24-52(25-21-43)62-51-16-8-6-9-17-51)57-41-59(57,38-47)48-28-30-61(40-50(61)37-48)64(54-18-10-7-11-19-54)60-29-13-12-15-49(60)39-60/h2-11,13-14,16-30,35-38,44-46,49-50,55,57,62H,1,12,15,31-34,39-41H2/b4-3-,14-5-. The lowest BCUT2D eigenvalue weighted by atomic mass is 9.71. The Morgan fingerprint density at radius 1 is 0.719 bits per heavy atom. The zero-order valence-corrected chi connectivity index (χ0v) is 36.9. The molecule has 64 heavy (non-hydrogen) atoms. The fourth-order valence-electron chi connectivity index (χ4n) is 13.3. The van der Waals surface area contributed by atoms with Crippen LogP contribution in [0.1, 0.15) is 62.5 Å². The van der Waals surface area contributed by atoms with Gasteiger partial charge in [0, 0.05) is 46.3 Å². The Morgan fingerprint density at radius 2 is 1.50 bits per heavy atom. The topological polar surface area (TPSA) is 18.5 Å². The van der Waals surface area contributed by atoms with Gasteiger partial charge in [0.2, 0.25) is 0 Å². The summed E-state index contributed by atoms with van der Waals surface area (Å²) in [5.41, 5.74) is 13.6. The number of hydrogen-bond acceptors (Lipinski definition) is 3. The van der Waals surface area contributed by atoms with Crippen LogP contribution in [-0.4, -0.2) is 17.6 Å². The van der Waals surface area contributed by atoms with Crippen molar-refractivity contribution in [3.05, 3.63) is 217 Å². The second kappa shape index (κ2) is 14.7. The number of fused-ring (bicyclic) bond motifs is 3. The number of hydrogen-bond donors (Lipinski definition) is 1. The smallest absolute Gasteiger partial charge is 0.0667 e. The number of benzene rings is 4. The first kappa shape index (κ1) is 38.4. The highest BCUT2D eigenvalue weighted by atomic mass is 15.3. The van der Waals surface area contributed by atoms with Crippen molar-refractivity contribution >= 4 is 33.9 Å². The number of nitrogens with one attached hydrogen (secondary N) is 1. The zero-order valence-electron chi connectivity index (χ0n) is 36.9. The minimum absolute atomic E-state index is 0.00443. The molecule has 1 N–H and O–H groups in total. The van der Waals surface area contributed by atoms with Crippen LogP contribution in [0.4, 0.5) is 22.7 Å². The third-order valence-corrected chi connectivity index (χ3v) is 17.0. The van der Waals surface area contributed by atoms with Crippen molar-refractivity contribution in [3.63, 3.8) is 0 Å². The van der Waals surface area contributed by atoms with Crippen molar-refractivity contribution in [2.24, 2.45) is 46.8 Å². The minimum Gasteiger partial charge on any atom is -0.356 e. The van der Waals surface area contributed by atoms with Crippen molar-refractivity contribution in [1.29, 1.82) is 0 Å². The Labute approximate surface area is 380 Å². The molecule has 4 aromatic rings. The van der Waals surface area contributed by atoms with E-state index < -0.39 is 0 Å². The molecule has 14 rings (SSSR count). The summed E-state index contributed by atoms with van der Waals surface area (Å²) in [6.45, 7) is 4.74. The Kier molecular flexibility index (Phi) is 8.85. The average Bonchev–Trinajstić information content (AvgIpc) is 4.14. The first-order valence-corrected chi connectivity index (χ1v) is 24.4. The van der Waals surface area contributed by atoms with Gasteiger partial charge in [0.05, 0.1) is 11.1 Å². The lowest BCUT2D eigenvalue weighted by Crippen LogP contribution is -2.48. The molecule has 2 bridgehead atoms. The van der Waals surface area contributed by atoms with E-state index in [0.717, 1.165) is 48.0 Å². The second-order valence-corrected chi connectivity index (χ2v) is 20.7. The van der Waals surface area contributed by atoms with Gasteiger partial charge in [-0.25, -0.2) is 0 Å². The molecule has 0 amide bonds. The molecular weight excluding hydrogens is 775 g/mol. The molecule has 0 spiro atoms. The monoisotopic (exact) mass is 833 g/mol. The van der Waals surface area contributed by atoms with Crippen LogP contribution in [0.3, 0.4) is 0 Å². The van der Waals surface area contributed by atoms with Gasteiger partial charge in [0.25, 0.3) is 0 Å². The summed E-state index contributed by atoms with van der Waals surface area (Å²) < 4.78 is 0. The second-order valence-electron chi connectivity index (χ2n) is 20.7. The van der Waals surface area contributed by atoms with Crippen LogP contribution in [0.2, 0.25) is 0 Å². The fraction of sp³-hybridized carbons (Fsp3) is 0.311. The number of allylic oxidation sites excluding steroid dienone is 13. The highest BCUT2D eigenvalue weighted by Gasteiger charge is 2.69. The van der Waals surface area contributed by atoms with Crippen molar-refractivity contribution in [3.8, 4) is 0 Å². The summed E-state index contributed by atoms with van der Waals surface area (Å²) in [6.07, 6.45) is 41.5. The van der Waals surface area contributed by atoms with E-state index in [1.165, 1.54) is 84.2 Å². The van der Waals surface area contributed by atoms with Gasteiger partial charge in [0.1, 0.15) is 0 Å². The van der Waals surface area contributed by atoms with Crippen molar-refractivity contribution < 1.29 is 0 Å². The SMILES string of the molecule is C=C/C=C\C=C/CN(C1=CC2CC2C2CC1C2)c1ccc(C2=CC3(C4=CC5CC5(N(c5ccccc5)C56C=CCCC5C6)C=C4)CC3C(c3ccc(Nc4ccccc4)cc3)=C2)cc1. The minimum atomic E-state index is -0.00443. The maximum atomic E-state index is 3.86. The molecule has 318 valence electrons. The normalized spacial score (nSPS) is 34.0. The van der Waals surface area contributed by atoms with Crippen LogP contribution in [-0.2, 0) is 0 Å². The van der Waals surface area contributed by atoms with Gasteiger partial charge in [-0.1, -0.05) is 146 Å². The first-order chi connectivity index (χ1) is 31.5. The van der Waals surface area contributed by atoms with Crippen LogP contribution in [0, 0.1) is 46.8 Å². The maximum absolute atomic E-state index is 3.86. The van der Waals surface area contributed by atoms with Crippen LogP contribution in [0.5, 0.6) is 0 Å². The third kappa shape index (κ3) is 6.36. The Bertz CT molecular complexity index is 2740. The van der Waals surface area contributed by atoms with E-state index in [1.807, 2.05) is 12.2 Å². The number of anilines is 4. The summed E-state index contributed by atoms with van der Waals surface area (Å²) in [7, 11) is 0. The largest absolute Gasteiger partial charge is 0.356 e. The lowest BCUT2D eigenvalue weighted by Gasteiger charge is -2.42. The number of nitrogens with zero attached hydrogens (tertiary/aromatic N) is 2. The van der Waals surface area contributed by atoms with Crippen molar-refractivity contribution in [2.45, 2.75) is 62.4 Å². The molecule has 8 atom stereocenters. The van der Waals surface area contributed by atoms with E-state index in [0.29, 0.717) is 17.8 Å². The first-order valence-electron chi connectivity index (χ1n) is 24.4. The lowest BCUT2D eigenvalue weighted by molar-refractivity contribution is 0.200. The van der Waals surface area contributed by atoms with E-state index in [4.69, 9.17) is 0 Å². The summed E-state index contributed by atoms with van der Waals surface area (Å²) in [5, 5.41) is 3.61. The van der Waals surface area contributed by atoms with Crippen molar-refractivity contribution in [2.75, 3.05) is 21.7 Å². The molecule has 5 fully saturated rings. The highest BCUT2D eigenvalue weighted by molar-refractivity contribution is 5.91. The molecule has 3 heteroatoms. The van der Waals surface area contributed by atoms with Crippen LogP contribution < -0.4 is 15.1 Å². The van der Waals surface area contributed by atoms with Gasteiger partial charge in [-0.05, 0) is 163 Å². The van der Waals surface area contributed by atoms with Crippen molar-refractivity contribution in [1.82, 2.24) is 0 Å². The quantitative estimate of drug-likeness (QED) is 0.101. The van der Waals surface area contributed by atoms with E-state index in [2.05, 4.69) is 198 Å². The number of rotatable bonds is 14. The molecular formula is C61H59N3. The van der Waals surface area contributed by atoms with E-state index in [9.17, 15) is 0 Å². The fourth-order valence-corrected chi connectivity index (χ4v) is 13.3. The van der Waals surface area contributed by atoms with Gasteiger partial charge >= 0.3 is 0 Å². The summed E-state index contributed by atoms with van der Waals surface area (Å²) in [5.74, 6) is 5.09. The molecule has 10 aliphatic carbocycles. The summed E-state index contributed by atoms with van der Waals surface area (Å²) >= 11 is 0. The van der Waals surface area contributed by atoms with E-state index in [1.54, 1.807) is 5.70 Å². The molecule has 10 aliphatic rings. The van der Waals surface area contributed by atoms with Gasteiger partial charge < -0.3 is 15.1 Å². The van der Waals surface area contributed by atoms with Gasteiger partial charge in [-0.2, -0.15) is 0 Å². The summed E-state index contributed by atoms with van der Waals surface area (Å²) in [6, 6.07) is 40.7. The Morgan fingerprint density at radius 3 is 2.28 bits per heavy atom. The van der Waals surface area contributed by atoms with Crippen LogP contribution in [0.25, 0.3) is 11.1 Å². The summed E-state index contributed by atoms with van der Waals surface area (Å²) in [4.78, 5) is 5.49. The van der Waals surface area contributed by atoms with Gasteiger partial charge in [-0.3, -0.25) is 0 Å². The average molecular weight is 834 g/mol. The molecule has 0 aliphatic heterocycles. The third-order valence-electron chi connectivity index (χ3n) is 17.0. The molecule has 3 nitrogen and oxygen atoms in total.